The van der Waals surface area contributed by atoms with Crippen LogP contribution in [0.3, 0.4) is 0 Å². The maximum Gasteiger partial charge on any atom is 0.321 e. The summed E-state index contributed by atoms with van der Waals surface area (Å²) in [4.78, 5) is 91.0. The summed E-state index contributed by atoms with van der Waals surface area (Å²) < 4.78 is 0. The first-order valence-corrected chi connectivity index (χ1v) is 8.20. The maximum atomic E-state index is 12.8. The lowest BCUT2D eigenvalue weighted by atomic mass is 9.96. The standard InChI is InChI=1S/C19H8N2O9/c22-7-29-20-16(25)11-3-1-9(5-13(11)18(20)27)15(24)10-2-4-12-14(6-10)19(28)21(17(12)26)30-8-23/h1-8H. The average Bonchev–Trinajstić information content (AvgIpc) is 3.13. The Bertz CT molecular complexity index is 1110. The van der Waals surface area contributed by atoms with Gasteiger partial charge in [0.2, 0.25) is 0 Å². The zero-order valence-corrected chi connectivity index (χ0v) is 14.7. The third kappa shape index (κ3) is 2.57. The van der Waals surface area contributed by atoms with Gasteiger partial charge in [-0.25, -0.2) is 0 Å². The molecular weight excluding hydrogens is 400 g/mol. The van der Waals surface area contributed by atoms with Crippen LogP contribution in [0, 0.1) is 0 Å². The van der Waals surface area contributed by atoms with E-state index >= 15 is 0 Å². The second-order valence-electron chi connectivity index (χ2n) is 6.06. The third-order valence-corrected chi connectivity index (χ3v) is 4.52. The summed E-state index contributed by atoms with van der Waals surface area (Å²) >= 11 is 0. The Morgan fingerprint density at radius 2 is 1.00 bits per heavy atom. The lowest BCUT2D eigenvalue weighted by Crippen LogP contribution is -2.29. The first kappa shape index (κ1) is 18.7. The van der Waals surface area contributed by atoms with Gasteiger partial charge in [-0.3, -0.25) is 33.6 Å². The largest absolute Gasteiger partial charge is 0.333 e. The number of rotatable bonds is 6. The molecule has 2 aliphatic rings. The Balaban J connectivity index is 1.68. The molecule has 2 heterocycles. The molecule has 11 nitrogen and oxygen atoms in total. The van der Waals surface area contributed by atoms with E-state index in [1.165, 1.54) is 24.3 Å². The zero-order valence-electron chi connectivity index (χ0n) is 14.7. The molecule has 148 valence electrons. The van der Waals surface area contributed by atoms with Crippen molar-refractivity contribution in [2.24, 2.45) is 0 Å². The number of nitrogens with zero attached hydrogens (tertiary/aromatic N) is 2. The third-order valence-electron chi connectivity index (χ3n) is 4.52. The SMILES string of the molecule is O=CON1C(=O)c2ccc(C(=O)c3ccc4c(c3)C(=O)N(OC=O)C4=O)cc2C1=O. The molecule has 30 heavy (non-hydrogen) atoms. The smallest absolute Gasteiger partial charge is 0.321 e. The monoisotopic (exact) mass is 408 g/mol. The molecule has 0 radical (unpaired) electrons. The number of amides is 4. The van der Waals surface area contributed by atoms with Crippen LogP contribution in [0.2, 0.25) is 0 Å². The molecule has 0 bridgehead atoms. The molecule has 0 aliphatic carbocycles. The van der Waals surface area contributed by atoms with Gasteiger partial charge in [0, 0.05) is 11.1 Å². The van der Waals surface area contributed by atoms with Crippen LogP contribution in [0.5, 0.6) is 0 Å². The predicted molar refractivity (Wildman–Crippen MR) is 91.6 cm³/mol. The number of carbonyl (C=O) groups is 7. The van der Waals surface area contributed by atoms with Crippen LogP contribution >= 0.6 is 0 Å². The van der Waals surface area contributed by atoms with Gasteiger partial charge >= 0.3 is 12.9 Å². The molecule has 0 fully saturated rings. The Morgan fingerprint density at radius 3 is 1.37 bits per heavy atom. The summed E-state index contributed by atoms with van der Waals surface area (Å²) in [7, 11) is 0. The molecule has 4 amide bonds. The highest BCUT2D eigenvalue weighted by Gasteiger charge is 2.39. The van der Waals surface area contributed by atoms with Crippen molar-refractivity contribution in [3.63, 3.8) is 0 Å². The van der Waals surface area contributed by atoms with Crippen molar-refractivity contribution in [3.05, 3.63) is 69.8 Å². The van der Waals surface area contributed by atoms with Gasteiger partial charge < -0.3 is 9.68 Å². The van der Waals surface area contributed by atoms with Gasteiger partial charge in [0.15, 0.2) is 5.78 Å². The van der Waals surface area contributed by atoms with Gasteiger partial charge in [-0.2, -0.15) is 0 Å². The van der Waals surface area contributed by atoms with Gasteiger partial charge in [0.05, 0.1) is 22.3 Å². The zero-order chi connectivity index (χ0) is 21.6. The molecule has 4 rings (SSSR count). The quantitative estimate of drug-likeness (QED) is 0.374. The lowest BCUT2D eigenvalue weighted by molar-refractivity contribution is -0.152. The first-order valence-electron chi connectivity index (χ1n) is 8.20. The summed E-state index contributed by atoms with van der Waals surface area (Å²) in [5.41, 5.74) is -0.331. The average molecular weight is 408 g/mol. The molecule has 2 aromatic rings. The number of imide groups is 2. The molecule has 2 aliphatic heterocycles. The number of hydrogen-bond donors (Lipinski definition) is 0. The Morgan fingerprint density at radius 1 is 0.633 bits per heavy atom. The molecule has 0 saturated carbocycles. The number of ketones is 1. The number of hydroxylamine groups is 4. The maximum absolute atomic E-state index is 12.8. The number of hydrogen-bond acceptors (Lipinski definition) is 9. The van der Waals surface area contributed by atoms with Gasteiger partial charge in [0.25, 0.3) is 23.6 Å². The highest BCUT2D eigenvalue weighted by atomic mass is 16.7. The summed E-state index contributed by atoms with van der Waals surface area (Å²) in [5, 5.41) is 0.542. The van der Waals surface area contributed by atoms with E-state index in [4.69, 9.17) is 0 Å². The van der Waals surface area contributed by atoms with E-state index in [1.54, 1.807) is 0 Å². The van der Waals surface area contributed by atoms with Crippen molar-refractivity contribution in [3.8, 4) is 0 Å². The van der Waals surface area contributed by atoms with Crippen LogP contribution in [0.15, 0.2) is 36.4 Å². The minimum Gasteiger partial charge on any atom is -0.333 e. The fourth-order valence-electron chi connectivity index (χ4n) is 3.16. The van der Waals surface area contributed by atoms with E-state index in [9.17, 15) is 33.6 Å². The van der Waals surface area contributed by atoms with Crippen LogP contribution in [0.1, 0.15) is 57.4 Å². The molecule has 11 heteroatoms. The van der Waals surface area contributed by atoms with Crippen LogP contribution in [-0.2, 0) is 19.3 Å². The van der Waals surface area contributed by atoms with Crippen molar-refractivity contribution in [2.45, 2.75) is 0 Å². The van der Waals surface area contributed by atoms with Crippen molar-refractivity contribution < 1.29 is 43.2 Å². The number of fused-ring (bicyclic) bond motifs is 2. The Kier molecular flexibility index (Phi) is 4.20. The lowest BCUT2D eigenvalue weighted by Gasteiger charge is -2.07. The second kappa shape index (κ2) is 6.74. The first-order chi connectivity index (χ1) is 14.4. The minimum absolute atomic E-state index is 0.0144. The van der Waals surface area contributed by atoms with E-state index in [1.807, 2.05) is 0 Å². The molecule has 0 saturated heterocycles. The number of benzene rings is 2. The molecule has 0 aromatic heterocycles. The molecule has 2 aromatic carbocycles. The normalized spacial score (nSPS) is 14.5. The second-order valence-corrected chi connectivity index (χ2v) is 6.06. The highest BCUT2D eigenvalue weighted by Crippen LogP contribution is 2.27. The van der Waals surface area contributed by atoms with E-state index in [0.29, 0.717) is 0 Å². The van der Waals surface area contributed by atoms with E-state index in [-0.39, 0.29) is 56.5 Å². The van der Waals surface area contributed by atoms with Crippen molar-refractivity contribution >= 4 is 42.4 Å². The Hall–Kier alpha value is -4.67. The molecule has 0 atom stereocenters. The molecular formula is C19H8N2O9. The minimum atomic E-state index is -0.909. The van der Waals surface area contributed by atoms with Gasteiger partial charge in [-0.1, -0.05) is 22.3 Å². The van der Waals surface area contributed by atoms with Crippen LogP contribution in [0.4, 0.5) is 0 Å². The van der Waals surface area contributed by atoms with Gasteiger partial charge in [0.1, 0.15) is 0 Å². The molecule has 0 N–H and O–H groups in total. The van der Waals surface area contributed by atoms with Crippen molar-refractivity contribution in [1.29, 1.82) is 0 Å². The molecule has 0 spiro atoms. The molecule has 0 unspecified atom stereocenters. The van der Waals surface area contributed by atoms with Crippen LogP contribution in [-0.4, -0.2) is 52.5 Å². The summed E-state index contributed by atoms with van der Waals surface area (Å²) in [5.74, 6) is -4.12. The number of carbonyl (C=O) groups excluding carboxylic acids is 7. The fourth-order valence-corrected chi connectivity index (χ4v) is 3.16. The Labute approximate surface area is 166 Å². The van der Waals surface area contributed by atoms with Crippen LogP contribution in [0.25, 0.3) is 0 Å². The highest BCUT2D eigenvalue weighted by molar-refractivity contribution is 6.23. The predicted octanol–water partition coefficient (Wildman–Crippen LogP) is 0.286. The topological polar surface area (TPSA) is 144 Å². The fraction of sp³-hybridized carbons (Fsp3) is 0. The summed E-state index contributed by atoms with van der Waals surface area (Å²) in [6.07, 6.45) is 0. The van der Waals surface area contributed by atoms with E-state index in [2.05, 4.69) is 9.68 Å². The van der Waals surface area contributed by atoms with E-state index < -0.39 is 29.4 Å². The van der Waals surface area contributed by atoms with Gasteiger partial charge in [-0.05, 0) is 24.3 Å². The van der Waals surface area contributed by atoms with Gasteiger partial charge in [-0.15, -0.1) is 0 Å². The van der Waals surface area contributed by atoms with Crippen molar-refractivity contribution in [1.82, 2.24) is 10.1 Å². The van der Waals surface area contributed by atoms with E-state index in [0.717, 1.165) is 12.1 Å². The van der Waals surface area contributed by atoms with Crippen LogP contribution < -0.4 is 0 Å². The summed E-state index contributed by atoms with van der Waals surface area (Å²) in [6.45, 7) is -0.150. The van der Waals surface area contributed by atoms with Crippen molar-refractivity contribution in [2.75, 3.05) is 0 Å². The summed E-state index contributed by atoms with van der Waals surface area (Å²) in [6, 6.07) is 7.37.